The number of rotatable bonds is 5. The topological polar surface area (TPSA) is 41.1 Å². The smallest absolute Gasteiger partial charge is 0.315 e. The highest BCUT2D eigenvalue weighted by atomic mass is 19.1. The summed E-state index contributed by atoms with van der Waals surface area (Å²) in [7, 11) is 0. The van der Waals surface area contributed by atoms with E-state index in [-0.39, 0.29) is 23.7 Å². The predicted molar refractivity (Wildman–Crippen MR) is 88.3 cm³/mol. The van der Waals surface area contributed by atoms with Gasteiger partial charge < -0.3 is 10.6 Å². The van der Waals surface area contributed by atoms with Crippen LogP contribution < -0.4 is 10.6 Å². The van der Waals surface area contributed by atoms with Crippen molar-refractivity contribution in [2.75, 3.05) is 0 Å². The number of carbonyl (C=O) groups is 1. The Hall–Kier alpha value is -2.43. The van der Waals surface area contributed by atoms with E-state index < -0.39 is 0 Å². The Morgan fingerprint density at radius 2 is 1.58 bits per heavy atom. The molecule has 0 radical (unpaired) electrons. The summed E-state index contributed by atoms with van der Waals surface area (Å²) in [6.45, 7) is 0.326. The van der Waals surface area contributed by atoms with Crippen molar-refractivity contribution >= 4 is 6.03 Å². The van der Waals surface area contributed by atoms with E-state index in [1.54, 1.807) is 24.3 Å². The molecule has 2 amide bonds. The fourth-order valence-corrected chi connectivity index (χ4v) is 2.89. The van der Waals surface area contributed by atoms with Crippen LogP contribution >= 0.6 is 0 Å². The Morgan fingerprint density at radius 3 is 2.12 bits per heavy atom. The predicted octanol–water partition coefficient (Wildman–Crippen LogP) is 4.31. The van der Waals surface area contributed by atoms with Crippen molar-refractivity contribution in [2.24, 2.45) is 5.92 Å². The minimum absolute atomic E-state index is 0.118. The van der Waals surface area contributed by atoms with Gasteiger partial charge in [0.2, 0.25) is 0 Å². The van der Waals surface area contributed by atoms with Crippen LogP contribution in [0.1, 0.15) is 36.4 Å². The molecule has 1 unspecified atom stereocenters. The summed E-state index contributed by atoms with van der Waals surface area (Å²) in [5.41, 5.74) is 1.74. The van der Waals surface area contributed by atoms with Gasteiger partial charge >= 0.3 is 6.03 Å². The van der Waals surface area contributed by atoms with Gasteiger partial charge in [-0.1, -0.05) is 30.7 Å². The summed E-state index contributed by atoms with van der Waals surface area (Å²) >= 11 is 0. The van der Waals surface area contributed by atoms with Gasteiger partial charge in [-0.3, -0.25) is 0 Å². The Morgan fingerprint density at radius 1 is 1.00 bits per heavy atom. The summed E-state index contributed by atoms with van der Waals surface area (Å²) in [6, 6.07) is 11.9. The van der Waals surface area contributed by atoms with Gasteiger partial charge in [0.05, 0.1) is 6.04 Å². The lowest BCUT2D eigenvalue weighted by Gasteiger charge is -2.34. The van der Waals surface area contributed by atoms with Crippen LogP contribution in [0.5, 0.6) is 0 Å². The molecule has 0 aliphatic heterocycles. The number of amides is 2. The average molecular weight is 330 g/mol. The minimum Gasteiger partial charge on any atom is -0.334 e. The maximum atomic E-state index is 13.1. The van der Waals surface area contributed by atoms with Crippen molar-refractivity contribution in [3.05, 3.63) is 71.3 Å². The molecule has 2 aromatic rings. The third-order valence-corrected chi connectivity index (χ3v) is 4.50. The van der Waals surface area contributed by atoms with E-state index in [4.69, 9.17) is 0 Å². The molecule has 1 saturated carbocycles. The number of urea groups is 1. The van der Waals surface area contributed by atoms with Crippen LogP contribution in [0.15, 0.2) is 48.5 Å². The van der Waals surface area contributed by atoms with Crippen molar-refractivity contribution in [1.29, 1.82) is 0 Å². The SMILES string of the molecule is O=C(NCc1ccc(F)cc1)NC(c1ccc(F)cc1)C1CCC1. The highest BCUT2D eigenvalue weighted by Gasteiger charge is 2.29. The maximum absolute atomic E-state index is 13.1. The highest BCUT2D eigenvalue weighted by molar-refractivity contribution is 5.74. The molecule has 126 valence electrons. The van der Waals surface area contributed by atoms with E-state index in [2.05, 4.69) is 10.6 Å². The zero-order valence-electron chi connectivity index (χ0n) is 13.3. The van der Waals surface area contributed by atoms with Gasteiger partial charge in [0.15, 0.2) is 0 Å². The maximum Gasteiger partial charge on any atom is 0.315 e. The number of nitrogens with one attached hydrogen (secondary N) is 2. The molecule has 0 saturated heterocycles. The second-order valence-corrected chi connectivity index (χ2v) is 6.17. The normalized spacial score (nSPS) is 15.4. The largest absolute Gasteiger partial charge is 0.334 e. The monoisotopic (exact) mass is 330 g/mol. The van der Waals surface area contributed by atoms with Gasteiger partial charge in [-0.2, -0.15) is 0 Å². The summed E-state index contributed by atoms with van der Waals surface area (Å²) in [4.78, 5) is 12.2. The molecule has 0 spiro atoms. The number of hydrogen-bond acceptors (Lipinski definition) is 1. The molecule has 0 bridgehead atoms. The number of carbonyl (C=O) groups excluding carboxylic acids is 1. The van der Waals surface area contributed by atoms with Crippen molar-refractivity contribution in [3.8, 4) is 0 Å². The van der Waals surface area contributed by atoms with Crippen LogP contribution in [-0.4, -0.2) is 6.03 Å². The van der Waals surface area contributed by atoms with Crippen molar-refractivity contribution < 1.29 is 13.6 Å². The molecule has 0 heterocycles. The van der Waals surface area contributed by atoms with E-state index >= 15 is 0 Å². The van der Waals surface area contributed by atoms with Crippen LogP contribution in [0.25, 0.3) is 0 Å². The van der Waals surface area contributed by atoms with E-state index in [1.165, 1.54) is 24.3 Å². The second kappa shape index (κ2) is 7.43. The molecule has 0 aromatic heterocycles. The van der Waals surface area contributed by atoms with Crippen molar-refractivity contribution in [2.45, 2.75) is 31.8 Å². The van der Waals surface area contributed by atoms with Crippen LogP contribution in [-0.2, 0) is 6.54 Å². The first-order valence-electron chi connectivity index (χ1n) is 8.16. The Labute approximate surface area is 140 Å². The lowest BCUT2D eigenvalue weighted by molar-refractivity contribution is 0.207. The van der Waals surface area contributed by atoms with Crippen molar-refractivity contribution in [3.63, 3.8) is 0 Å². The summed E-state index contributed by atoms with van der Waals surface area (Å²) in [6.07, 6.45) is 3.27. The van der Waals surface area contributed by atoms with Crippen LogP contribution in [0, 0.1) is 17.6 Å². The van der Waals surface area contributed by atoms with Crippen LogP contribution in [0.2, 0.25) is 0 Å². The second-order valence-electron chi connectivity index (χ2n) is 6.17. The van der Waals surface area contributed by atoms with E-state index in [0.717, 1.165) is 30.4 Å². The first kappa shape index (κ1) is 16.4. The molecule has 3 nitrogen and oxygen atoms in total. The first-order chi connectivity index (χ1) is 11.6. The fraction of sp³-hybridized carbons (Fsp3) is 0.316. The average Bonchev–Trinajstić information content (AvgIpc) is 2.53. The van der Waals surface area contributed by atoms with E-state index in [1.807, 2.05) is 0 Å². The Balaban J connectivity index is 1.60. The molecule has 1 aliphatic rings. The van der Waals surface area contributed by atoms with Crippen LogP contribution in [0.4, 0.5) is 13.6 Å². The fourth-order valence-electron chi connectivity index (χ4n) is 2.89. The first-order valence-corrected chi connectivity index (χ1v) is 8.16. The van der Waals surface area contributed by atoms with Gasteiger partial charge in [-0.15, -0.1) is 0 Å². The van der Waals surface area contributed by atoms with Gasteiger partial charge in [0.25, 0.3) is 0 Å². The molecule has 1 fully saturated rings. The number of benzene rings is 2. The summed E-state index contributed by atoms with van der Waals surface area (Å²) < 4.78 is 26.0. The summed E-state index contributed by atoms with van der Waals surface area (Å²) in [5, 5.41) is 5.78. The standard InChI is InChI=1S/C19H20F2N2O/c20-16-8-4-13(5-9-16)12-22-19(24)23-18(14-2-1-3-14)15-6-10-17(21)11-7-15/h4-11,14,18H,1-3,12H2,(H2,22,23,24). The molecular weight excluding hydrogens is 310 g/mol. The molecule has 2 N–H and O–H groups in total. The zero-order chi connectivity index (χ0) is 16.9. The Kier molecular flexibility index (Phi) is 5.08. The lowest BCUT2D eigenvalue weighted by atomic mass is 9.77. The van der Waals surface area contributed by atoms with Crippen molar-refractivity contribution in [1.82, 2.24) is 10.6 Å². The lowest BCUT2D eigenvalue weighted by Crippen LogP contribution is -2.41. The minimum atomic E-state index is -0.301. The zero-order valence-corrected chi connectivity index (χ0v) is 13.3. The summed E-state index contributed by atoms with van der Waals surface area (Å²) in [5.74, 6) is -0.205. The molecule has 5 heteroatoms. The van der Waals surface area contributed by atoms with E-state index in [9.17, 15) is 13.6 Å². The van der Waals surface area contributed by atoms with Gasteiger partial charge in [-0.05, 0) is 54.2 Å². The quantitative estimate of drug-likeness (QED) is 0.843. The molecule has 2 aromatic carbocycles. The van der Waals surface area contributed by atoms with Gasteiger partial charge in [0, 0.05) is 6.54 Å². The molecule has 1 atom stereocenters. The molecule has 24 heavy (non-hydrogen) atoms. The molecule has 1 aliphatic carbocycles. The van der Waals surface area contributed by atoms with Gasteiger partial charge in [0.1, 0.15) is 11.6 Å². The van der Waals surface area contributed by atoms with E-state index in [0.29, 0.717) is 12.5 Å². The molecular formula is C19H20F2N2O. The van der Waals surface area contributed by atoms with Gasteiger partial charge in [-0.25, -0.2) is 13.6 Å². The third kappa shape index (κ3) is 4.10. The Bertz CT molecular complexity index is 682. The van der Waals surface area contributed by atoms with Crippen LogP contribution in [0.3, 0.4) is 0 Å². The highest BCUT2D eigenvalue weighted by Crippen LogP contribution is 2.37. The number of halogens is 2. The molecule has 3 rings (SSSR count). The number of hydrogen-bond donors (Lipinski definition) is 2. The third-order valence-electron chi connectivity index (χ3n) is 4.50.